The summed E-state index contributed by atoms with van der Waals surface area (Å²) < 4.78 is 34.1. The maximum Gasteiger partial charge on any atom is 0.283 e. The summed E-state index contributed by atoms with van der Waals surface area (Å²) in [6, 6.07) is 7.69. The number of benzene rings is 2. The van der Waals surface area contributed by atoms with E-state index in [-0.39, 0.29) is 15.6 Å². The lowest BCUT2D eigenvalue weighted by Crippen LogP contribution is -2.13. The molecule has 0 spiro atoms. The van der Waals surface area contributed by atoms with E-state index in [9.17, 15) is 8.42 Å². The molecule has 0 saturated carbocycles. The molecule has 0 aliphatic heterocycles. The second-order valence-electron chi connectivity index (χ2n) is 5.81. The maximum atomic E-state index is 12.4. The van der Waals surface area contributed by atoms with Crippen LogP contribution in [-0.4, -0.2) is 19.2 Å². The number of oxazole rings is 1. The number of fused-ring (bicyclic) bond motifs is 1. The number of hydrogen-bond donors (Lipinski definition) is 2. The SMILES string of the molecule is CC(=NS(=O)(=O)c1ccc(Cl)cc1)Nc1c(C)cc2oc(=S)[nH]c2c1C. The Kier molecular flexibility index (Phi) is 4.92. The van der Waals surface area contributed by atoms with Crippen LogP contribution in [0.15, 0.2) is 44.0 Å². The van der Waals surface area contributed by atoms with Crippen LogP contribution >= 0.6 is 23.8 Å². The van der Waals surface area contributed by atoms with E-state index in [0.717, 1.165) is 22.3 Å². The van der Waals surface area contributed by atoms with E-state index in [2.05, 4.69) is 14.7 Å². The number of nitrogens with zero attached hydrogens (tertiary/aromatic N) is 1. The molecule has 3 rings (SSSR count). The number of rotatable bonds is 3. The number of anilines is 1. The minimum absolute atomic E-state index is 0.0749. The van der Waals surface area contributed by atoms with Crippen molar-refractivity contribution < 1.29 is 12.8 Å². The molecule has 26 heavy (non-hydrogen) atoms. The lowest BCUT2D eigenvalue weighted by Gasteiger charge is -2.13. The average Bonchev–Trinajstić information content (AvgIpc) is 2.92. The van der Waals surface area contributed by atoms with Gasteiger partial charge in [-0.2, -0.15) is 8.42 Å². The van der Waals surface area contributed by atoms with Gasteiger partial charge >= 0.3 is 0 Å². The van der Waals surface area contributed by atoms with E-state index in [1.165, 1.54) is 24.3 Å². The van der Waals surface area contributed by atoms with Crippen LogP contribution in [0.3, 0.4) is 0 Å². The molecule has 2 aromatic carbocycles. The standard InChI is InChI=1S/C17H16ClN3O3S2/c1-9-8-14-16(20-17(25)24-14)10(2)15(9)19-11(3)21-26(22,23)13-6-4-12(18)5-7-13/h4-8H,1-3H3,(H,19,21)(H,20,25). The van der Waals surface area contributed by atoms with Crippen molar-refractivity contribution in [3.63, 3.8) is 0 Å². The molecular weight excluding hydrogens is 394 g/mol. The highest BCUT2D eigenvalue weighted by Crippen LogP contribution is 2.29. The van der Waals surface area contributed by atoms with Crippen LogP contribution < -0.4 is 5.32 Å². The molecule has 0 amide bonds. The second-order valence-corrected chi connectivity index (χ2v) is 8.22. The van der Waals surface area contributed by atoms with Gasteiger partial charge in [-0.05, 0) is 68.9 Å². The number of sulfonamides is 1. The third kappa shape index (κ3) is 3.67. The first-order valence-electron chi connectivity index (χ1n) is 7.64. The van der Waals surface area contributed by atoms with Gasteiger partial charge in [0.25, 0.3) is 14.9 Å². The summed E-state index contributed by atoms with van der Waals surface area (Å²) in [4.78, 5) is 3.35. The van der Waals surface area contributed by atoms with E-state index in [1.807, 2.05) is 19.9 Å². The van der Waals surface area contributed by atoms with Gasteiger partial charge in [-0.15, -0.1) is 4.40 Å². The topological polar surface area (TPSA) is 87.5 Å². The zero-order valence-electron chi connectivity index (χ0n) is 14.3. The molecule has 136 valence electrons. The first-order valence-corrected chi connectivity index (χ1v) is 9.87. The van der Waals surface area contributed by atoms with E-state index >= 15 is 0 Å². The molecule has 1 aromatic heterocycles. The predicted molar refractivity (Wildman–Crippen MR) is 106 cm³/mol. The van der Waals surface area contributed by atoms with Gasteiger partial charge in [0.1, 0.15) is 5.84 Å². The largest absolute Gasteiger partial charge is 0.429 e. The fourth-order valence-electron chi connectivity index (χ4n) is 2.65. The number of hydrogen-bond acceptors (Lipinski definition) is 4. The van der Waals surface area contributed by atoms with Crippen LogP contribution in [0, 0.1) is 18.7 Å². The number of aromatic nitrogens is 1. The van der Waals surface area contributed by atoms with Crippen LogP contribution in [-0.2, 0) is 10.0 Å². The average molecular weight is 410 g/mol. The van der Waals surface area contributed by atoms with E-state index in [4.69, 9.17) is 28.2 Å². The Labute approximate surface area is 161 Å². The Bertz CT molecular complexity index is 1180. The van der Waals surface area contributed by atoms with Gasteiger partial charge in [-0.25, -0.2) is 0 Å². The third-order valence-corrected chi connectivity index (χ3v) is 5.66. The van der Waals surface area contributed by atoms with Crippen molar-refractivity contribution in [2.45, 2.75) is 25.7 Å². The Morgan fingerprint density at radius 1 is 1.27 bits per heavy atom. The molecule has 6 nitrogen and oxygen atoms in total. The van der Waals surface area contributed by atoms with Crippen molar-refractivity contribution in [2.24, 2.45) is 4.40 Å². The molecule has 1 heterocycles. The molecule has 2 N–H and O–H groups in total. The summed E-state index contributed by atoms with van der Waals surface area (Å²) in [6.07, 6.45) is 0. The van der Waals surface area contributed by atoms with Crippen molar-refractivity contribution >= 4 is 56.5 Å². The number of nitrogens with one attached hydrogen (secondary N) is 2. The number of aryl methyl sites for hydroxylation is 2. The first-order chi connectivity index (χ1) is 12.2. The number of aromatic amines is 1. The molecule has 0 unspecified atom stereocenters. The van der Waals surface area contributed by atoms with Gasteiger partial charge in [-0.1, -0.05) is 11.6 Å². The normalized spacial score (nSPS) is 12.5. The summed E-state index contributed by atoms with van der Waals surface area (Å²) in [5.74, 6) is 0.243. The van der Waals surface area contributed by atoms with E-state index in [0.29, 0.717) is 10.6 Å². The van der Waals surface area contributed by atoms with Crippen LogP contribution in [0.2, 0.25) is 5.02 Å². The first kappa shape index (κ1) is 18.6. The highest BCUT2D eigenvalue weighted by atomic mass is 35.5. The summed E-state index contributed by atoms with van der Waals surface area (Å²) >= 11 is 10.8. The van der Waals surface area contributed by atoms with Gasteiger partial charge in [0.15, 0.2) is 5.58 Å². The predicted octanol–water partition coefficient (Wildman–Crippen LogP) is 4.98. The van der Waals surface area contributed by atoms with Gasteiger partial charge in [0.2, 0.25) is 0 Å². The smallest absolute Gasteiger partial charge is 0.283 e. The van der Waals surface area contributed by atoms with Crippen LogP contribution in [0.5, 0.6) is 0 Å². The minimum atomic E-state index is -3.84. The number of amidine groups is 1. The quantitative estimate of drug-likeness (QED) is 0.362. The summed E-state index contributed by atoms with van der Waals surface area (Å²) in [5, 5.41) is 3.52. The van der Waals surface area contributed by atoms with Crippen molar-refractivity contribution in [1.29, 1.82) is 0 Å². The molecule has 0 bridgehead atoms. The van der Waals surface area contributed by atoms with Crippen molar-refractivity contribution in [3.05, 3.63) is 51.3 Å². The van der Waals surface area contributed by atoms with Crippen molar-refractivity contribution in [1.82, 2.24) is 4.98 Å². The minimum Gasteiger partial charge on any atom is -0.429 e. The number of H-pyrrole nitrogens is 1. The molecule has 0 fully saturated rings. The van der Waals surface area contributed by atoms with Crippen molar-refractivity contribution in [2.75, 3.05) is 5.32 Å². The Balaban J connectivity index is 1.98. The van der Waals surface area contributed by atoms with Gasteiger partial charge in [0, 0.05) is 16.3 Å². The molecule has 0 saturated heterocycles. The maximum absolute atomic E-state index is 12.4. The van der Waals surface area contributed by atoms with Crippen LogP contribution in [0.1, 0.15) is 18.1 Å². The zero-order chi connectivity index (χ0) is 19.1. The molecule has 0 atom stereocenters. The highest BCUT2D eigenvalue weighted by Gasteiger charge is 2.15. The Hall–Kier alpha value is -2.16. The monoisotopic (exact) mass is 409 g/mol. The highest BCUT2D eigenvalue weighted by molar-refractivity contribution is 7.90. The van der Waals surface area contributed by atoms with E-state index in [1.54, 1.807) is 6.92 Å². The van der Waals surface area contributed by atoms with Gasteiger partial charge in [-0.3, -0.25) is 0 Å². The molecule has 0 aliphatic rings. The fourth-order valence-corrected chi connectivity index (χ4v) is 3.95. The lowest BCUT2D eigenvalue weighted by molar-refractivity contribution is 0.583. The van der Waals surface area contributed by atoms with Crippen LogP contribution in [0.25, 0.3) is 11.1 Å². The fraction of sp³-hybridized carbons (Fsp3) is 0.176. The molecule has 9 heteroatoms. The molecular formula is C17H16ClN3O3S2. The zero-order valence-corrected chi connectivity index (χ0v) is 16.6. The summed E-state index contributed by atoms with van der Waals surface area (Å²) in [7, 11) is -3.84. The Morgan fingerprint density at radius 2 is 1.92 bits per heavy atom. The third-order valence-electron chi connectivity index (χ3n) is 3.84. The van der Waals surface area contributed by atoms with Crippen LogP contribution in [0.4, 0.5) is 5.69 Å². The molecule has 0 aliphatic carbocycles. The Morgan fingerprint density at radius 3 is 2.58 bits per heavy atom. The van der Waals surface area contributed by atoms with Gasteiger partial charge in [0.05, 0.1) is 10.4 Å². The van der Waals surface area contributed by atoms with Gasteiger partial charge < -0.3 is 14.7 Å². The molecule has 3 aromatic rings. The number of halogens is 1. The second kappa shape index (κ2) is 6.86. The lowest BCUT2D eigenvalue weighted by atomic mass is 10.1. The van der Waals surface area contributed by atoms with Crippen molar-refractivity contribution in [3.8, 4) is 0 Å². The summed E-state index contributed by atoms with van der Waals surface area (Å²) in [6.45, 7) is 5.37. The summed E-state index contributed by atoms with van der Waals surface area (Å²) in [5.41, 5.74) is 3.90. The molecule has 0 radical (unpaired) electrons. The van der Waals surface area contributed by atoms with E-state index < -0.39 is 10.0 Å².